The zero-order chi connectivity index (χ0) is 12.0. The minimum absolute atomic E-state index is 0.704. The minimum atomic E-state index is 0.704. The van der Waals surface area contributed by atoms with Crippen LogP contribution in [-0.2, 0) is 0 Å². The third-order valence-electron chi connectivity index (χ3n) is 4.27. The lowest BCUT2D eigenvalue weighted by atomic mass is 9.85. The standard InChI is InChI=1S/C14H30N2/c1-5-13(6-2)14(16(3)4)11-15-10-12-8-7-9-12/h12-15H,5-11H2,1-4H3. The molecule has 1 saturated carbocycles. The van der Waals surface area contributed by atoms with E-state index in [2.05, 4.69) is 38.2 Å². The Labute approximate surface area is 102 Å². The van der Waals surface area contributed by atoms with Crippen molar-refractivity contribution >= 4 is 0 Å². The van der Waals surface area contributed by atoms with Crippen molar-refractivity contribution in [3.05, 3.63) is 0 Å². The van der Waals surface area contributed by atoms with Crippen molar-refractivity contribution in [2.75, 3.05) is 27.2 Å². The number of hydrogen-bond acceptors (Lipinski definition) is 2. The van der Waals surface area contributed by atoms with Crippen molar-refractivity contribution < 1.29 is 0 Å². The number of nitrogens with one attached hydrogen (secondary N) is 1. The van der Waals surface area contributed by atoms with Crippen LogP contribution in [0.4, 0.5) is 0 Å². The van der Waals surface area contributed by atoms with Gasteiger partial charge in [0.2, 0.25) is 0 Å². The third kappa shape index (κ3) is 4.06. The Morgan fingerprint density at radius 3 is 2.19 bits per heavy atom. The summed E-state index contributed by atoms with van der Waals surface area (Å²) in [6.45, 7) is 7.04. The molecule has 0 aromatic heterocycles. The lowest BCUT2D eigenvalue weighted by Crippen LogP contribution is -2.44. The number of hydrogen-bond donors (Lipinski definition) is 1. The molecule has 1 atom stereocenters. The molecule has 1 aliphatic carbocycles. The molecule has 96 valence electrons. The third-order valence-corrected chi connectivity index (χ3v) is 4.27. The number of likely N-dealkylation sites (N-methyl/N-ethyl adjacent to an activating group) is 1. The van der Waals surface area contributed by atoms with E-state index in [1.54, 1.807) is 0 Å². The Kier molecular flexibility index (Phi) is 6.37. The Hall–Kier alpha value is -0.0800. The van der Waals surface area contributed by atoms with Crippen molar-refractivity contribution in [2.24, 2.45) is 11.8 Å². The molecule has 0 saturated heterocycles. The van der Waals surface area contributed by atoms with Gasteiger partial charge in [-0.25, -0.2) is 0 Å². The van der Waals surface area contributed by atoms with Gasteiger partial charge in [0.05, 0.1) is 0 Å². The van der Waals surface area contributed by atoms with Gasteiger partial charge in [-0.05, 0) is 45.3 Å². The average molecular weight is 226 g/mol. The molecule has 0 aliphatic heterocycles. The highest BCUT2D eigenvalue weighted by Gasteiger charge is 2.21. The van der Waals surface area contributed by atoms with Crippen LogP contribution in [-0.4, -0.2) is 38.1 Å². The molecule has 16 heavy (non-hydrogen) atoms. The van der Waals surface area contributed by atoms with Gasteiger partial charge in [-0.3, -0.25) is 0 Å². The van der Waals surface area contributed by atoms with E-state index >= 15 is 0 Å². The second-order valence-corrected chi connectivity index (χ2v) is 5.56. The fraction of sp³-hybridized carbons (Fsp3) is 1.00. The molecule has 0 bridgehead atoms. The van der Waals surface area contributed by atoms with Crippen LogP contribution in [0.5, 0.6) is 0 Å². The Morgan fingerprint density at radius 2 is 1.81 bits per heavy atom. The molecular weight excluding hydrogens is 196 g/mol. The van der Waals surface area contributed by atoms with Gasteiger partial charge >= 0.3 is 0 Å². The molecule has 2 nitrogen and oxygen atoms in total. The van der Waals surface area contributed by atoms with Gasteiger partial charge in [-0.1, -0.05) is 33.1 Å². The second-order valence-electron chi connectivity index (χ2n) is 5.56. The van der Waals surface area contributed by atoms with E-state index < -0.39 is 0 Å². The van der Waals surface area contributed by atoms with Gasteiger partial charge in [0.1, 0.15) is 0 Å². The van der Waals surface area contributed by atoms with Crippen LogP contribution >= 0.6 is 0 Å². The van der Waals surface area contributed by atoms with Gasteiger partial charge in [-0.15, -0.1) is 0 Å². The smallest absolute Gasteiger partial charge is 0.0242 e. The van der Waals surface area contributed by atoms with Crippen molar-refractivity contribution in [1.29, 1.82) is 0 Å². The molecule has 1 aliphatic rings. The van der Waals surface area contributed by atoms with E-state index in [0.29, 0.717) is 6.04 Å². The van der Waals surface area contributed by atoms with Crippen molar-refractivity contribution in [2.45, 2.75) is 52.0 Å². The first kappa shape index (κ1) is 14.0. The first-order chi connectivity index (χ1) is 7.69. The molecule has 1 fully saturated rings. The van der Waals surface area contributed by atoms with E-state index in [-0.39, 0.29) is 0 Å². The minimum Gasteiger partial charge on any atom is -0.315 e. The first-order valence-electron chi connectivity index (χ1n) is 7.06. The topological polar surface area (TPSA) is 15.3 Å². The highest BCUT2D eigenvalue weighted by molar-refractivity contribution is 4.79. The quantitative estimate of drug-likeness (QED) is 0.684. The summed E-state index contributed by atoms with van der Waals surface area (Å²) in [4.78, 5) is 2.39. The summed E-state index contributed by atoms with van der Waals surface area (Å²) in [5, 5.41) is 3.68. The SMILES string of the molecule is CCC(CC)C(CNCC1CCC1)N(C)C. The Morgan fingerprint density at radius 1 is 1.19 bits per heavy atom. The predicted molar refractivity (Wildman–Crippen MR) is 71.8 cm³/mol. The van der Waals surface area contributed by atoms with Crippen molar-refractivity contribution in [3.63, 3.8) is 0 Å². The summed E-state index contributed by atoms with van der Waals surface area (Å²) in [7, 11) is 4.43. The first-order valence-corrected chi connectivity index (χ1v) is 7.06. The van der Waals surface area contributed by atoms with Crippen molar-refractivity contribution in [3.8, 4) is 0 Å². The van der Waals surface area contributed by atoms with E-state index in [0.717, 1.165) is 18.4 Å². The molecule has 0 aromatic rings. The van der Waals surface area contributed by atoms with Crippen LogP contribution in [0.25, 0.3) is 0 Å². The van der Waals surface area contributed by atoms with Gasteiger partial charge in [-0.2, -0.15) is 0 Å². The summed E-state index contributed by atoms with van der Waals surface area (Å²) >= 11 is 0. The monoisotopic (exact) mass is 226 g/mol. The van der Waals surface area contributed by atoms with Crippen LogP contribution in [0.1, 0.15) is 46.0 Å². The maximum atomic E-state index is 3.68. The molecule has 0 amide bonds. The van der Waals surface area contributed by atoms with E-state index in [4.69, 9.17) is 0 Å². The molecule has 0 spiro atoms. The number of nitrogens with zero attached hydrogens (tertiary/aromatic N) is 1. The molecule has 0 heterocycles. The van der Waals surface area contributed by atoms with Gasteiger partial charge in [0.25, 0.3) is 0 Å². The summed E-state index contributed by atoms with van der Waals surface area (Å²) in [5.74, 6) is 1.81. The Bertz CT molecular complexity index is 172. The highest BCUT2D eigenvalue weighted by Crippen LogP contribution is 2.25. The van der Waals surface area contributed by atoms with Crippen molar-refractivity contribution in [1.82, 2.24) is 10.2 Å². The molecule has 1 rings (SSSR count). The largest absolute Gasteiger partial charge is 0.315 e. The normalized spacial score (nSPS) is 19.1. The van der Waals surface area contributed by atoms with Crippen LogP contribution < -0.4 is 5.32 Å². The summed E-state index contributed by atoms with van der Waals surface area (Å²) in [6, 6.07) is 0.704. The van der Waals surface area contributed by atoms with E-state index in [1.807, 2.05) is 0 Å². The van der Waals surface area contributed by atoms with Gasteiger partial charge < -0.3 is 10.2 Å². The maximum Gasteiger partial charge on any atom is 0.0242 e. The van der Waals surface area contributed by atoms with Crippen LogP contribution in [0.15, 0.2) is 0 Å². The molecule has 0 radical (unpaired) electrons. The zero-order valence-electron chi connectivity index (χ0n) is 11.6. The molecule has 1 unspecified atom stereocenters. The summed E-state index contributed by atoms with van der Waals surface area (Å²) < 4.78 is 0. The second kappa shape index (κ2) is 7.29. The van der Waals surface area contributed by atoms with E-state index in [9.17, 15) is 0 Å². The molecule has 1 N–H and O–H groups in total. The fourth-order valence-corrected chi connectivity index (χ4v) is 2.74. The summed E-state index contributed by atoms with van der Waals surface area (Å²) in [6.07, 6.45) is 6.94. The van der Waals surface area contributed by atoms with Gasteiger partial charge in [0, 0.05) is 12.6 Å². The van der Waals surface area contributed by atoms with Crippen LogP contribution in [0.3, 0.4) is 0 Å². The highest BCUT2D eigenvalue weighted by atomic mass is 15.1. The molecule has 2 heteroatoms. The zero-order valence-corrected chi connectivity index (χ0v) is 11.6. The molecule has 0 aromatic carbocycles. The van der Waals surface area contributed by atoms with Crippen LogP contribution in [0, 0.1) is 11.8 Å². The predicted octanol–water partition coefficient (Wildman–Crippen LogP) is 2.74. The molecular formula is C14H30N2. The van der Waals surface area contributed by atoms with Gasteiger partial charge in [0.15, 0.2) is 0 Å². The number of rotatable bonds is 8. The van der Waals surface area contributed by atoms with E-state index in [1.165, 1.54) is 38.6 Å². The van der Waals surface area contributed by atoms with Crippen LogP contribution in [0.2, 0.25) is 0 Å². The lowest BCUT2D eigenvalue weighted by molar-refractivity contribution is 0.187. The Balaban J connectivity index is 2.25. The summed E-state index contributed by atoms with van der Waals surface area (Å²) in [5.41, 5.74) is 0. The fourth-order valence-electron chi connectivity index (χ4n) is 2.74. The average Bonchev–Trinajstić information content (AvgIpc) is 2.19. The maximum absolute atomic E-state index is 3.68. The lowest BCUT2D eigenvalue weighted by Gasteiger charge is -2.33.